The fourth-order valence-corrected chi connectivity index (χ4v) is 1.59. The Kier molecular flexibility index (Phi) is 5.46. The van der Waals surface area contributed by atoms with Crippen LogP contribution in [0.3, 0.4) is 0 Å². The first-order valence-electron chi connectivity index (χ1n) is 5.75. The van der Waals surface area contributed by atoms with Gasteiger partial charge in [0.2, 0.25) is 0 Å². The SMILES string of the molecule is CC.Cc1cc(C2OCCO2)ccc1CO. The van der Waals surface area contributed by atoms with Crippen molar-refractivity contribution >= 4 is 0 Å². The van der Waals surface area contributed by atoms with Crippen molar-refractivity contribution in [3.63, 3.8) is 0 Å². The lowest BCUT2D eigenvalue weighted by atomic mass is 10.1. The van der Waals surface area contributed by atoms with Crippen LogP contribution >= 0.6 is 0 Å². The lowest BCUT2D eigenvalue weighted by molar-refractivity contribution is -0.0441. The van der Waals surface area contributed by atoms with Crippen LogP contribution in [0.25, 0.3) is 0 Å². The second kappa shape index (κ2) is 6.63. The molecule has 1 fully saturated rings. The molecule has 1 aromatic carbocycles. The van der Waals surface area contributed by atoms with Gasteiger partial charge in [-0.25, -0.2) is 0 Å². The highest BCUT2D eigenvalue weighted by Gasteiger charge is 2.18. The lowest BCUT2D eigenvalue weighted by Crippen LogP contribution is -1.99. The van der Waals surface area contributed by atoms with Crippen LogP contribution in [0.2, 0.25) is 0 Å². The molecule has 0 saturated carbocycles. The van der Waals surface area contributed by atoms with E-state index in [1.54, 1.807) is 0 Å². The van der Waals surface area contributed by atoms with E-state index in [0.29, 0.717) is 13.2 Å². The lowest BCUT2D eigenvalue weighted by Gasteiger charge is -2.11. The first-order chi connectivity index (χ1) is 7.81. The largest absolute Gasteiger partial charge is 0.392 e. The Bertz CT molecular complexity index is 317. The second-order valence-electron chi connectivity index (χ2n) is 3.42. The maximum atomic E-state index is 9.01. The molecule has 0 spiro atoms. The molecule has 1 saturated heterocycles. The topological polar surface area (TPSA) is 38.7 Å². The molecule has 1 N–H and O–H groups in total. The highest BCUT2D eigenvalue weighted by molar-refractivity contribution is 5.31. The summed E-state index contributed by atoms with van der Waals surface area (Å²) >= 11 is 0. The van der Waals surface area contributed by atoms with Crippen LogP contribution in [-0.4, -0.2) is 18.3 Å². The van der Waals surface area contributed by atoms with E-state index in [0.717, 1.165) is 16.7 Å². The predicted molar refractivity (Wildman–Crippen MR) is 63.1 cm³/mol. The minimum Gasteiger partial charge on any atom is -0.392 e. The van der Waals surface area contributed by atoms with E-state index >= 15 is 0 Å². The maximum absolute atomic E-state index is 9.01. The van der Waals surface area contributed by atoms with Crippen molar-refractivity contribution in [1.82, 2.24) is 0 Å². The van der Waals surface area contributed by atoms with Gasteiger partial charge < -0.3 is 14.6 Å². The summed E-state index contributed by atoms with van der Waals surface area (Å²) in [5, 5.41) is 9.01. The molecule has 0 amide bonds. The number of rotatable bonds is 2. The normalized spacial score (nSPS) is 15.8. The van der Waals surface area contributed by atoms with Gasteiger partial charge in [0.1, 0.15) is 0 Å². The Balaban J connectivity index is 0.000000606. The van der Waals surface area contributed by atoms with Crippen molar-refractivity contribution in [3.05, 3.63) is 34.9 Å². The number of benzene rings is 1. The Morgan fingerprint density at radius 1 is 1.25 bits per heavy atom. The summed E-state index contributed by atoms with van der Waals surface area (Å²) < 4.78 is 10.8. The molecule has 3 heteroatoms. The van der Waals surface area contributed by atoms with Gasteiger partial charge in [-0.2, -0.15) is 0 Å². The fourth-order valence-electron chi connectivity index (χ4n) is 1.59. The molecular formula is C13H20O3. The smallest absolute Gasteiger partial charge is 0.184 e. The average Bonchev–Trinajstić information content (AvgIpc) is 2.85. The zero-order valence-corrected chi connectivity index (χ0v) is 10.2. The van der Waals surface area contributed by atoms with E-state index in [2.05, 4.69) is 0 Å². The molecule has 1 aliphatic heterocycles. The Hall–Kier alpha value is -0.900. The number of aryl methyl sites for hydroxylation is 1. The maximum Gasteiger partial charge on any atom is 0.184 e. The van der Waals surface area contributed by atoms with Crippen molar-refractivity contribution < 1.29 is 14.6 Å². The van der Waals surface area contributed by atoms with Gasteiger partial charge in [-0.3, -0.25) is 0 Å². The molecule has 16 heavy (non-hydrogen) atoms. The minimum absolute atomic E-state index is 0.0818. The summed E-state index contributed by atoms with van der Waals surface area (Å²) in [5.41, 5.74) is 3.05. The van der Waals surface area contributed by atoms with Crippen LogP contribution in [0, 0.1) is 6.92 Å². The van der Waals surface area contributed by atoms with Crippen LogP contribution in [-0.2, 0) is 16.1 Å². The van der Waals surface area contributed by atoms with E-state index in [1.165, 1.54) is 0 Å². The molecule has 1 heterocycles. The number of hydrogen-bond acceptors (Lipinski definition) is 3. The van der Waals surface area contributed by atoms with Crippen LogP contribution in [0.15, 0.2) is 18.2 Å². The summed E-state index contributed by atoms with van der Waals surface area (Å²) in [6.07, 6.45) is -0.221. The Morgan fingerprint density at radius 2 is 1.88 bits per heavy atom. The van der Waals surface area contributed by atoms with E-state index in [-0.39, 0.29) is 12.9 Å². The molecule has 0 unspecified atom stereocenters. The molecule has 0 bridgehead atoms. The fraction of sp³-hybridized carbons (Fsp3) is 0.538. The summed E-state index contributed by atoms with van der Waals surface area (Å²) in [5.74, 6) is 0. The standard InChI is InChI=1S/C11H14O3.C2H6/c1-8-6-9(2-3-10(8)7-12)11-13-4-5-14-11;1-2/h2-3,6,11-12H,4-5,7H2,1H3;1-2H3. The number of aliphatic hydroxyl groups excluding tert-OH is 1. The van der Waals surface area contributed by atoms with E-state index in [4.69, 9.17) is 14.6 Å². The quantitative estimate of drug-likeness (QED) is 0.839. The van der Waals surface area contributed by atoms with Gasteiger partial charge in [-0.05, 0) is 18.1 Å². The van der Waals surface area contributed by atoms with Crippen molar-refractivity contribution in [2.45, 2.75) is 33.7 Å². The number of ether oxygens (including phenoxy) is 2. The first kappa shape index (κ1) is 13.2. The summed E-state index contributed by atoms with van der Waals surface area (Å²) in [6.45, 7) is 7.37. The van der Waals surface area contributed by atoms with Crippen molar-refractivity contribution in [1.29, 1.82) is 0 Å². The number of hydrogen-bond donors (Lipinski definition) is 1. The molecule has 90 valence electrons. The molecule has 1 aliphatic rings. The molecular weight excluding hydrogens is 204 g/mol. The van der Waals surface area contributed by atoms with E-state index < -0.39 is 0 Å². The molecule has 0 aliphatic carbocycles. The zero-order chi connectivity index (χ0) is 12.0. The van der Waals surface area contributed by atoms with Crippen LogP contribution < -0.4 is 0 Å². The van der Waals surface area contributed by atoms with Crippen molar-refractivity contribution in [2.24, 2.45) is 0 Å². The van der Waals surface area contributed by atoms with Gasteiger partial charge in [0.15, 0.2) is 6.29 Å². The summed E-state index contributed by atoms with van der Waals surface area (Å²) in [4.78, 5) is 0. The molecule has 0 aromatic heterocycles. The van der Waals surface area contributed by atoms with Gasteiger partial charge >= 0.3 is 0 Å². The predicted octanol–water partition coefficient (Wildman–Crippen LogP) is 2.56. The summed E-state index contributed by atoms with van der Waals surface area (Å²) in [7, 11) is 0. The molecule has 1 aromatic rings. The van der Waals surface area contributed by atoms with Gasteiger partial charge in [-0.1, -0.05) is 32.0 Å². The highest BCUT2D eigenvalue weighted by atomic mass is 16.7. The second-order valence-corrected chi connectivity index (χ2v) is 3.42. The molecule has 0 radical (unpaired) electrons. The monoisotopic (exact) mass is 224 g/mol. The van der Waals surface area contributed by atoms with E-state index in [1.807, 2.05) is 39.0 Å². The van der Waals surface area contributed by atoms with Crippen LogP contribution in [0.1, 0.15) is 36.8 Å². The van der Waals surface area contributed by atoms with Gasteiger partial charge in [0.05, 0.1) is 19.8 Å². The number of aliphatic hydroxyl groups is 1. The zero-order valence-electron chi connectivity index (χ0n) is 10.2. The third kappa shape index (κ3) is 3.04. The highest BCUT2D eigenvalue weighted by Crippen LogP contribution is 2.24. The first-order valence-corrected chi connectivity index (χ1v) is 5.75. The summed E-state index contributed by atoms with van der Waals surface area (Å²) in [6, 6.07) is 5.85. The van der Waals surface area contributed by atoms with Crippen LogP contribution in [0.5, 0.6) is 0 Å². The Morgan fingerprint density at radius 3 is 2.38 bits per heavy atom. The van der Waals surface area contributed by atoms with Crippen LogP contribution in [0.4, 0.5) is 0 Å². The third-order valence-corrected chi connectivity index (χ3v) is 2.43. The molecule has 3 nitrogen and oxygen atoms in total. The molecule has 0 atom stereocenters. The van der Waals surface area contributed by atoms with Crippen molar-refractivity contribution in [3.8, 4) is 0 Å². The van der Waals surface area contributed by atoms with Gasteiger partial charge in [0.25, 0.3) is 0 Å². The third-order valence-electron chi connectivity index (χ3n) is 2.43. The molecule has 2 rings (SSSR count). The van der Waals surface area contributed by atoms with Crippen molar-refractivity contribution in [2.75, 3.05) is 13.2 Å². The average molecular weight is 224 g/mol. The van der Waals surface area contributed by atoms with E-state index in [9.17, 15) is 0 Å². The van der Waals surface area contributed by atoms with Gasteiger partial charge in [-0.15, -0.1) is 0 Å². The van der Waals surface area contributed by atoms with Gasteiger partial charge in [0, 0.05) is 5.56 Å². The Labute approximate surface area is 97.0 Å². The minimum atomic E-state index is -0.221.